The summed E-state index contributed by atoms with van der Waals surface area (Å²) >= 11 is 0. The highest BCUT2D eigenvalue weighted by Gasteiger charge is 2.47. The highest BCUT2D eigenvalue weighted by molar-refractivity contribution is 5.27. The summed E-state index contributed by atoms with van der Waals surface area (Å²) in [6.45, 7) is 4.59. The third-order valence-corrected chi connectivity index (χ3v) is 7.66. The van der Waals surface area contributed by atoms with Gasteiger partial charge in [-0.1, -0.05) is 97.4 Å². The van der Waals surface area contributed by atoms with Gasteiger partial charge in [-0.2, -0.15) is 0 Å². The zero-order valence-corrected chi connectivity index (χ0v) is 19.5. The zero-order valence-electron chi connectivity index (χ0n) is 19.5. The quantitative estimate of drug-likeness (QED) is 0.553. The van der Waals surface area contributed by atoms with Crippen molar-refractivity contribution in [1.29, 1.82) is 0 Å². The molecule has 0 amide bonds. The summed E-state index contributed by atoms with van der Waals surface area (Å²) in [5, 5.41) is 12.1. The van der Waals surface area contributed by atoms with Crippen molar-refractivity contribution in [2.75, 3.05) is 26.2 Å². The SMILES string of the molecule is OC1(c2ccccc2)CN(Cc2ccccc2)CC1CN1CCCCC1Cc1ccccc1. The molecule has 2 heterocycles. The second-order valence-corrected chi connectivity index (χ2v) is 9.98. The minimum atomic E-state index is -0.815. The van der Waals surface area contributed by atoms with Crippen molar-refractivity contribution >= 4 is 0 Å². The van der Waals surface area contributed by atoms with E-state index in [1.807, 2.05) is 6.07 Å². The summed E-state index contributed by atoms with van der Waals surface area (Å²) in [6, 6.07) is 32.5. The number of piperidine rings is 1. The maximum atomic E-state index is 12.1. The first-order valence-corrected chi connectivity index (χ1v) is 12.5. The molecule has 0 radical (unpaired) electrons. The van der Waals surface area contributed by atoms with Gasteiger partial charge in [0.05, 0.1) is 0 Å². The maximum Gasteiger partial charge on any atom is 0.107 e. The molecule has 33 heavy (non-hydrogen) atoms. The van der Waals surface area contributed by atoms with E-state index in [1.165, 1.54) is 30.4 Å². The smallest absolute Gasteiger partial charge is 0.107 e. The molecule has 0 bridgehead atoms. The third kappa shape index (κ3) is 5.22. The van der Waals surface area contributed by atoms with Crippen LogP contribution in [-0.4, -0.2) is 47.1 Å². The van der Waals surface area contributed by atoms with Gasteiger partial charge in [0.15, 0.2) is 0 Å². The average molecular weight is 441 g/mol. The molecule has 0 aliphatic carbocycles. The average Bonchev–Trinajstić information content (AvgIpc) is 3.18. The molecule has 172 valence electrons. The number of rotatable bonds is 7. The fourth-order valence-corrected chi connectivity index (χ4v) is 5.92. The van der Waals surface area contributed by atoms with Crippen molar-refractivity contribution in [2.24, 2.45) is 5.92 Å². The van der Waals surface area contributed by atoms with Crippen LogP contribution in [-0.2, 0) is 18.6 Å². The molecule has 3 aromatic carbocycles. The summed E-state index contributed by atoms with van der Waals surface area (Å²) < 4.78 is 0. The van der Waals surface area contributed by atoms with Crippen LogP contribution < -0.4 is 0 Å². The molecule has 3 aromatic rings. The Bertz CT molecular complexity index is 994. The number of aliphatic hydroxyl groups is 1. The van der Waals surface area contributed by atoms with Crippen molar-refractivity contribution < 1.29 is 5.11 Å². The van der Waals surface area contributed by atoms with E-state index >= 15 is 0 Å². The zero-order chi connectivity index (χ0) is 22.5. The highest BCUT2D eigenvalue weighted by atomic mass is 16.3. The van der Waals surface area contributed by atoms with Crippen molar-refractivity contribution in [1.82, 2.24) is 9.80 Å². The van der Waals surface area contributed by atoms with Gasteiger partial charge in [0.25, 0.3) is 0 Å². The minimum Gasteiger partial charge on any atom is -0.383 e. The van der Waals surface area contributed by atoms with Crippen LogP contribution in [0.1, 0.15) is 36.0 Å². The molecule has 0 saturated carbocycles. The van der Waals surface area contributed by atoms with Crippen LogP contribution >= 0.6 is 0 Å². The predicted octanol–water partition coefficient (Wildman–Crippen LogP) is 5.10. The van der Waals surface area contributed by atoms with Crippen LogP contribution in [0.15, 0.2) is 91.0 Å². The van der Waals surface area contributed by atoms with E-state index in [2.05, 4.69) is 94.7 Å². The molecule has 5 rings (SSSR count). The Morgan fingerprint density at radius 3 is 2.12 bits per heavy atom. The molecule has 1 N–H and O–H groups in total. The fourth-order valence-electron chi connectivity index (χ4n) is 5.92. The first-order valence-electron chi connectivity index (χ1n) is 12.5. The first kappa shape index (κ1) is 22.3. The Balaban J connectivity index is 1.36. The van der Waals surface area contributed by atoms with Gasteiger partial charge in [-0.3, -0.25) is 9.80 Å². The molecular weight excluding hydrogens is 404 g/mol. The predicted molar refractivity (Wildman–Crippen MR) is 135 cm³/mol. The van der Waals surface area contributed by atoms with Gasteiger partial charge in [-0.15, -0.1) is 0 Å². The molecule has 2 aliphatic heterocycles. The summed E-state index contributed by atoms with van der Waals surface area (Å²) in [5.74, 6) is 0.194. The summed E-state index contributed by atoms with van der Waals surface area (Å²) in [4.78, 5) is 5.13. The Kier molecular flexibility index (Phi) is 6.91. The molecule has 0 spiro atoms. The third-order valence-electron chi connectivity index (χ3n) is 7.66. The number of hydrogen-bond acceptors (Lipinski definition) is 3. The van der Waals surface area contributed by atoms with Gasteiger partial charge < -0.3 is 5.11 Å². The first-order chi connectivity index (χ1) is 16.2. The highest BCUT2D eigenvalue weighted by Crippen LogP contribution is 2.39. The van der Waals surface area contributed by atoms with Crippen LogP contribution in [0.4, 0.5) is 0 Å². The number of nitrogens with zero attached hydrogens (tertiary/aromatic N) is 2. The molecule has 2 fully saturated rings. The number of β-amino-alcohol motifs (C(OH)–C–C–N with tert-alkyl or cyclic N) is 1. The van der Waals surface area contributed by atoms with E-state index in [0.29, 0.717) is 12.6 Å². The fraction of sp³-hybridized carbons (Fsp3) is 0.400. The van der Waals surface area contributed by atoms with Crippen LogP contribution in [0.2, 0.25) is 0 Å². The maximum absolute atomic E-state index is 12.1. The van der Waals surface area contributed by atoms with E-state index in [9.17, 15) is 5.11 Å². The molecule has 3 nitrogen and oxygen atoms in total. The Morgan fingerprint density at radius 1 is 0.788 bits per heavy atom. The molecular formula is C30H36N2O. The molecule has 3 heteroatoms. The van der Waals surface area contributed by atoms with E-state index in [1.54, 1.807) is 0 Å². The van der Waals surface area contributed by atoms with Crippen molar-refractivity contribution in [3.05, 3.63) is 108 Å². The largest absolute Gasteiger partial charge is 0.383 e. The topological polar surface area (TPSA) is 26.7 Å². The van der Waals surface area contributed by atoms with Gasteiger partial charge in [0.1, 0.15) is 5.60 Å². The Morgan fingerprint density at radius 2 is 1.42 bits per heavy atom. The van der Waals surface area contributed by atoms with E-state index < -0.39 is 5.60 Å². The lowest BCUT2D eigenvalue weighted by atomic mass is 9.82. The van der Waals surface area contributed by atoms with Crippen molar-refractivity contribution in [3.8, 4) is 0 Å². The van der Waals surface area contributed by atoms with E-state index in [4.69, 9.17) is 0 Å². The standard InChI is InChI=1S/C30H36N2O/c33-30(27-16-8-3-9-17-27)24-31(21-26-14-6-2-7-15-26)22-28(30)23-32-19-11-10-18-29(32)20-25-12-4-1-5-13-25/h1-9,12-17,28-29,33H,10-11,18-24H2. The lowest BCUT2D eigenvalue weighted by molar-refractivity contribution is -0.0143. The van der Waals surface area contributed by atoms with E-state index in [-0.39, 0.29) is 5.92 Å². The van der Waals surface area contributed by atoms with Crippen LogP contribution in [0.3, 0.4) is 0 Å². The number of likely N-dealkylation sites (tertiary alicyclic amines) is 2. The van der Waals surface area contributed by atoms with Crippen molar-refractivity contribution in [3.63, 3.8) is 0 Å². The van der Waals surface area contributed by atoms with Gasteiger partial charge in [0, 0.05) is 38.1 Å². The Hall–Kier alpha value is -2.46. The summed E-state index contributed by atoms with van der Waals surface area (Å²) in [6.07, 6.45) is 4.92. The number of hydrogen-bond donors (Lipinski definition) is 1. The molecule has 3 atom stereocenters. The number of benzene rings is 3. The lowest BCUT2D eigenvalue weighted by Crippen LogP contribution is -2.48. The molecule has 2 saturated heterocycles. The van der Waals surface area contributed by atoms with Gasteiger partial charge in [-0.25, -0.2) is 0 Å². The van der Waals surface area contributed by atoms with Crippen LogP contribution in [0.5, 0.6) is 0 Å². The minimum absolute atomic E-state index is 0.194. The second-order valence-electron chi connectivity index (χ2n) is 9.98. The van der Waals surface area contributed by atoms with E-state index in [0.717, 1.165) is 38.2 Å². The monoisotopic (exact) mass is 440 g/mol. The van der Waals surface area contributed by atoms with Crippen LogP contribution in [0, 0.1) is 5.92 Å². The van der Waals surface area contributed by atoms with Gasteiger partial charge in [-0.05, 0) is 42.5 Å². The molecule has 2 aliphatic rings. The lowest BCUT2D eigenvalue weighted by Gasteiger charge is -2.40. The second kappa shape index (κ2) is 10.2. The summed E-state index contributed by atoms with van der Waals surface area (Å²) in [7, 11) is 0. The van der Waals surface area contributed by atoms with Gasteiger partial charge in [0.2, 0.25) is 0 Å². The van der Waals surface area contributed by atoms with Gasteiger partial charge >= 0.3 is 0 Å². The summed E-state index contributed by atoms with van der Waals surface area (Å²) in [5.41, 5.74) is 2.98. The van der Waals surface area contributed by atoms with Crippen LogP contribution in [0.25, 0.3) is 0 Å². The Labute approximate surface area is 198 Å². The normalized spacial score (nSPS) is 26.5. The molecule has 0 aromatic heterocycles. The van der Waals surface area contributed by atoms with Crippen molar-refractivity contribution in [2.45, 2.75) is 43.9 Å². The molecule has 3 unspecified atom stereocenters.